The molecule has 1 aromatic carbocycles. The van der Waals surface area contributed by atoms with E-state index >= 15 is 0 Å². The number of anilines is 2. The van der Waals surface area contributed by atoms with Crippen LogP contribution in [0.2, 0.25) is 0 Å². The van der Waals surface area contributed by atoms with Gasteiger partial charge in [0.2, 0.25) is 10.0 Å². The minimum atomic E-state index is -3.63. The molecule has 0 saturated heterocycles. The van der Waals surface area contributed by atoms with Crippen molar-refractivity contribution >= 4 is 27.3 Å². The average molecular weight is 405 g/mol. The van der Waals surface area contributed by atoms with Gasteiger partial charge >= 0.3 is 0 Å². The van der Waals surface area contributed by atoms with Gasteiger partial charge in [0, 0.05) is 32.4 Å². The maximum atomic E-state index is 12.9. The van der Waals surface area contributed by atoms with Crippen molar-refractivity contribution in [2.45, 2.75) is 32.6 Å². The van der Waals surface area contributed by atoms with Crippen LogP contribution in [0.1, 0.15) is 38.2 Å². The SMILES string of the molecule is CCN(CC)c1ccc(S(=O)(=O)N(CC)CC)cc1NC(=O)c1ccccn1. The van der Waals surface area contributed by atoms with Crippen molar-refractivity contribution < 1.29 is 13.2 Å². The molecule has 0 aliphatic heterocycles. The summed E-state index contributed by atoms with van der Waals surface area (Å²) in [7, 11) is -3.63. The maximum Gasteiger partial charge on any atom is 0.274 e. The first-order valence-electron chi connectivity index (χ1n) is 9.50. The molecule has 8 heteroatoms. The fourth-order valence-corrected chi connectivity index (χ4v) is 4.50. The van der Waals surface area contributed by atoms with Crippen molar-refractivity contribution in [2.24, 2.45) is 0 Å². The molecule has 152 valence electrons. The van der Waals surface area contributed by atoms with Gasteiger partial charge in [-0.25, -0.2) is 8.42 Å². The molecule has 0 fully saturated rings. The smallest absolute Gasteiger partial charge is 0.274 e. The van der Waals surface area contributed by atoms with Gasteiger partial charge in [-0.2, -0.15) is 4.31 Å². The summed E-state index contributed by atoms with van der Waals surface area (Å²) in [5, 5.41) is 2.84. The Labute approximate surface area is 167 Å². The number of carbonyl (C=O) groups is 1. The third kappa shape index (κ3) is 4.69. The molecular formula is C20H28N4O3S. The Morgan fingerprint density at radius 3 is 2.21 bits per heavy atom. The Hall–Kier alpha value is -2.45. The highest BCUT2D eigenvalue weighted by atomic mass is 32.2. The molecule has 0 unspecified atom stereocenters. The van der Waals surface area contributed by atoms with E-state index in [0.29, 0.717) is 18.8 Å². The molecule has 1 amide bonds. The zero-order valence-corrected chi connectivity index (χ0v) is 17.7. The van der Waals surface area contributed by atoms with Gasteiger partial charge < -0.3 is 10.2 Å². The summed E-state index contributed by atoms with van der Waals surface area (Å²) < 4.78 is 27.2. The number of amides is 1. The van der Waals surface area contributed by atoms with Gasteiger partial charge in [0.25, 0.3) is 5.91 Å². The van der Waals surface area contributed by atoms with Crippen LogP contribution < -0.4 is 10.2 Å². The number of hydrogen-bond donors (Lipinski definition) is 1. The highest BCUT2D eigenvalue weighted by molar-refractivity contribution is 7.89. The normalized spacial score (nSPS) is 11.5. The van der Waals surface area contributed by atoms with Crippen molar-refractivity contribution in [3.8, 4) is 0 Å². The minimum Gasteiger partial charge on any atom is -0.370 e. The summed E-state index contributed by atoms with van der Waals surface area (Å²) in [4.78, 5) is 18.9. The molecule has 28 heavy (non-hydrogen) atoms. The average Bonchev–Trinajstić information content (AvgIpc) is 2.71. The van der Waals surface area contributed by atoms with Gasteiger partial charge in [-0.15, -0.1) is 0 Å². The van der Waals surface area contributed by atoms with Gasteiger partial charge in [-0.1, -0.05) is 19.9 Å². The van der Waals surface area contributed by atoms with Crippen LogP contribution in [0.3, 0.4) is 0 Å². The van der Waals surface area contributed by atoms with Crippen LogP contribution in [0, 0.1) is 0 Å². The van der Waals surface area contributed by atoms with E-state index in [-0.39, 0.29) is 16.5 Å². The summed E-state index contributed by atoms with van der Waals surface area (Å²) in [6, 6.07) is 9.95. The third-order valence-electron chi connectivity index (χ3n) is 4.56. The number of nitrogens with one attached hydrogen (secondary N) is 1. The Morgan fingerprint density at radius 1 is 1.00 bits per heavy atom. The standard InChI is InChI=1S/C20H28N4O3S/c1-5-23(6-2)19-13-12-16(28(26,27)24(7-3)8-4)15-18(19)22-20(25)17-11-9-10-14-21-17/h9-15H,5-8H2,1-4H3,(H,22,25). The van der Waals surface area contributed by atoms with E-state index in [1.54, 1.807) is 50.4 Å². The van der Waals surface area contributed by atoms with E-state index in [4.69, 9.17) is 0 Å². The summed E-state index contributed by atoms with van der Waals surface area (Å²) in [6.45, 7) is 9.84. The number of hydrogen-bond acceptors (Lipinski definition) is 5. The van der Waals surface area contributed by atoms with Crippen LogP contribution in [0.15, 0.2) is 47.5 Å². The summed E-state index contributed by atoms with van der Waals surface area (Å²) in [5.74, 6) is -0.383. The molecule has 1 heterocycles. The van der Waals surface area contributed by atoms with Crippen LogP contribution in [-0.4, -0.2) is 49.8 Å². The molecule has 2 aromatic rings. The fourth-order valence-electron chi connectivity index (χ4n) is 3.01. The van der Waals surface area contributed by atoms with Crippen molar-refractivity contribution in [1.29, 1.82) is 0 Å². The van der Waals surface area contributed by atoms with Crippen LogP contribution in [0.4, 0.5) is 11.4 Å². The topological polar surface area (TPSA) is 82.6 Å². The molecule has 0 spiro atoms. The van der Waals surface area contributed by atoms with Crippen molar-refractivity contribution in [1.82, 2.24) is 9.29 Å². The molecule has 1 N–H and O–H groups in total. The Bertz CT molecular complexity index is 893. The first-order valence-corrected chi connectivity index (χ1v) is 10.9. The molecule has 0 aliphatic carbocycles. The van der Waals surface area contributed by atoms with E-state index in [2.05, 4.69) is 15.2 Å². The zero-order chi connectivity index (χ0) is 20.7. The molecule has 1 aromatic heterocycles. The van der Waals surface area contributed by atoms with Crippen molar-refractivity contribution in [3.63, 3.8) is 0 Å². The van der Waals surface area contributed by atoms with Crippen molar-refractivity contribution in [3.05, 3.63) is 48.3 Å². The van der Waals surface area contributed by atoms with E-state index in [9.17, 15) is 13.2 Å². The molecule has 0 atom stereocenters. The van der Waals surface area contributed by atoms with E-state index in [1.165, 1.54) is 10.4 Å². The van der Waals surface area contributed by atoms with Crippen LogP contribution in [0.5, 0.6) is 0 Å². The van der Waals surface area contributed by atoms with Gasteiger partial charge in [-0.3, -0.25) is 9.78 Å². The molecule has 0 radical (unpaired) electrons. The minimum absolute atomic E-state index is 0.156. The second-order valence-corrected chi connectivity index (χ2v) is 8.05. The monoisotopic (exact) mass is 404 g/mol. The summed E-state index contributed by atoms with van der Waals surface area (Å²) in [6.07, 6.45) is 1.54. The lowest BCUT2D eigenvalue weighted by Crippen LogP contribution is -2.31. The van der Waals surface area contributed by atoms with Crippen LogP contribution in [-0.2, 0) is 10.0 Å². The first kappa shape index (κ1) is 21.8. The predicted octanol–water partition coefficient (Wildman–Crippen LogP) is 3.21. The maximum absolute atomic E-state index is 12.9. The number of pyridine rings is 1. The van der Waals surface area contributed by atoms with E-state index in [1.807, 2.05) is 13.8 Å². The number of nitrogens with zero attached hydrogens (tertiary/aromatic N) is 3. The number of sulfonamides is 1. The largest absolute Gasteiger partial charge is 0.370 e. The zero-order valence-electron chi connectivity index (χ0n) is 16.8. The number of aromatic nitrogens is 1. The lowest BCUT2D eigenvalue weighted by Gasteiger charge is -2.25. The Morgan fingerprint density at radius 2 is 1.68 bits per heavy atom. The van der Waals surface area contributed by atoms with Gasteiger partial charge in [0.15, 0.2) is 0 Å². The van der Waals surface area contributed by atoms with E-state index < -0.39 is 10.0 Å². The molecule has 0 bridgehead atoms. The lowest BCUT2D eigenvalue weighted by atomic mass is 10.2. The second kappa shape index (κ2) is 9.66. The number of carbonyl (C=O) groups excluding carboxylic acids is 1. The fraction of sp³-hybridized carbons (Fsp3) is 0.400. The van der Waals surface area contributed by atoms with Crippen LogP contribution >= 0.6 is 0 Å². The molecular weight excluding hydrogens is 376 g/mol. The van der Waals surface area contributed by atoms with Crippen molar-refractivity contribution in [2.75, 3.05) is 36.4 Å². The molecule has 2 rings (SSSR count). The Kier molecular flexibility index (Phi) is 7.53. The van der Waals surface area contributed by atoms with Gasteiger partial charge in [-0.05, 0) is 44.2 Å². The lowest BCUT2D eigenvalue weighted by molar-refractivity contribution is 0.102. The molecule has 0 aliphatic rings. The second-order valence-electron chi connectivity index (χ2n) is 6.11. The van der Waals surface area contributed by atoms with E-state index in [0.717, 1.165) is 18.8 Å². The van der Waals surface area contributed by atoms with Crippen LogP contribution in [0.25, 0.3) is 0 Å². The predicted molar refractivity (Wildman–Crippen MR) is 112 cm³/mol. The summed E-state index contributed by atoms with van der Waals surface area (Å²) >= 11 is 0. The summed E-state index contributed by atoms with van der Waals surface area (Å²) in [5.41, 5.74) is 1.49. The molecule has 7 nitrogen and oxygen atoms in total. The molecule has 0 saturated carbocycles. The highest BCUT2D eigenvalue weighted by Crippen LogP contribution is 2.30. The quantitative estimate of drug-likeness (QED) is 0.694. The van der Waals surface area contributed by atoms with Gasteiger partial charge in [0.1, 0.15) is 5.69 Å². The van der Waals surface area contributed by atoms with Gasteiger partial charge in [0.05, 0.1) is 16.3 Å². The Balaban J connectivity index is 2.51. The highest BCUT2D eigenvalue weighted by Gasteiger charge is 2.24. The third-order valence-corrected chi connectivity index (χ3v) is 6.61. The first-order chi connectivity index (χ1) is 13.4. The number of benzene rings is 1. The number of rotatable bonds is 9.